The van der Waals surface area contributed by atoms with Gasteiger partial charge in [0.25, 0.3) is 0 Å². The summed E-state index contributed by atoms with van der Waals surface area (Å²) in [5, 5.41) is 0. The third-order valence-corrected chi connectivity index (χ3v) is 4.62. The SMILES string of the molecule is CCCN(CCC)C(=O)C(C)c1ccc(OC(=O)c2ccc(N=C(N)N)cc2)cc1. The summed E-state index contributed by atoms with van der Waals surface area (Å²) in [6, 6.07) is 13.5. The van der Waals surface area contributed by atoms with Crippen LogP contribution in [0.2, 0.25) is 0 Å². The Morgan fingerprint density at radius 2 is 1.53 bits per heavy atom. The zero-order valence-corrected chi connectivity index (χ0v) is 17.8. The molecule has 0 saturated carbocycles. The van der Waals surface area contributed by atoms with Crippen LogP contribution in [-0.4, -0.2) is 35.8 Å². The number of nitrogens with two attached hydrogens (primary N) is 2. The Morgan fingerprint density at radius 3 is 2.03 bits per heavy atom. The first kappa shape index (κ1) is 22.9. The summed E-state index contributed by atoms with van der Waals surface area (Å²) >= 11 is 0. The second kappa shape index (κ2) is 11.0. The van der Waals surface area contributed by atoms with Crippen LogP contribution in [0, 0.1) is 0 Å². The third-order valence-electron chi connectivity index (χ3n) is 4.62. The molecule has 0 bridgehead atoms. The van der Waals surface area contributed by atoms with Crippen molar-refractivity contribution in [2.24, 2.45) is 16.5 Å². The zero-order valence-electron chi connectivity index (χ0n) is 17.8. The number of carbonyl (C=O) groups excluding carboxylic acids is 2. The minimum Gasteiger partial charge on any atom is -0.423 e. The highest BCUT2D eigenvalue weighted by molar-refractivity contribution is 5.91. The van der Waals surface area contributed by atoms with Gasteiger partial charge in [0.15, 0.2) is 5.96 Å². The van der Waals surface area contributed by atoms with Gasteiger partial charge >= 0.3 is 5.97 Å². The van der Waals surface area contributed by atoms with E-state index in [2.05, 4.69) is 18.8 Å². The molecule has 0 spiro atoms. The number of hydrogen-bond acceptors (Lipinski definition) is 4. The van der Waals surface area contributed by atoms with E-state index in [0.717, 1.165) is 31.5 Å². The number of benzene rings is 2. The molecule has 0 aromatic heterocycles. The molecule has 0 aliphatic rings. The van der Waals surface area contributed by atoms with E-state index >= 15 is 0 Å². The quantitative estimate of drug-likeness (QED) is 0.284. The predicted octanol–water partition coefficient (Wildman–Crippen LogP) is 3.56. The lowest BCUT2D eigenvalue weighted by Crippen LogP contribution is -2.35. The van der Waals surface area contributed by atoms with E-state index in [-0.39, 0.29) is 17.8 Å². The molecule has 0 aliphatic heterocycles. The molecule has 0 saturated heterocycles. The van der Waals surface area contributed by atoms with Crippen LogP contribution in [0.25, 0.3) is 0 Å². The molecule has 160 valence electrons. The summed E-state index contributed by atoms with van der Waals surface area (Å²) in [7, 11) is 0. The summed E-state index contributed by atoms with van der Waals surface area (Å²) in [5.41, 5.74) is 12.5. The molecular formula is C23H30N4O3. The monoisotopic (exact) mass is 410 g/mol. The smallest absolute Gasteiger partial charge is 0.343 e. The Kier molecular flexibility index (Phi) is 8.41. The van der Waals surface area contributed by atoms with Gasteiger partial charge in [0.1, 0.15) is 5.75 Å². The van der Waals surface area contributed by atoms with E-state index in [1.807, 2.05) is 24.0 Å². The molecule has 0 radical (unpaired) electrons. The van der Waals surface area contributed by atoms with Crippen molar-refractivity contribution >= 4 is 23.5 Å². The zero-order chi connectivity index (χ0) is 22.1. The highest BCUT2D eigenvalue weighted by Gasteiger charge is 2.21. The Morgan fingerprint density at radius 1 is 0.967 bits per heavy atom. The molecule has 30 heavy (non-hydrogen) atoms. The van der Waals surface area contributed by atoms with Crippen molar-refractivity contribution in [3.63, 3.8) is 0 Å². The fourth-order valence-electron chi connectivity index (χ4n) is 3.10. The molecule has 0 heterocycles. The Labute approximate surface area is 177 Å². The molecular weight excluding hydrogens is 380 g/mol. The van der Waals surface area contributed by atoms with Gasteiger partial charge in [0, 0.05) is 13.1 Å². The number of nitrogens with zero attached hydrogens (tertiary/aromatic N) is 2. The van der Waals surface area contributed by atoms with E-state index in [1.165, 1.54) is 0 Å². The maximum absolute atomic E-state index is 12.8. The number of guanidine groups is 1. The molecule has 2 rings (SSSR count). The maximum atomic E-state index is 12.8. The molecule has 2 aromatic carbocycles. The van der Waals surface area contributed by atoms with E-state index in [4.69, 9.17) is 16.2 Å². The number of carbonyl (C=O) groups is 2. The second-order valence-corrected chi connectivity index (χ2v) is 7.09. The molecule has 7 nitrogen and oxygen atoms in total. The summed E-state index contributed by atoms with van der Waals surface area (Å²) < 4.78 is 5.42. The lowest BCUT2D eigenvalue weighted by Gasteiger charge is -2.25. The molecule has 1 unspecified atom stereocenters. The van der Waals surface area contributed by atoms with Crippen molar-refractivity contribution in [3.8, 4) is 5.75 Å². The number of amides is 1. The van der Waals surface area contributed by atoms with Crippen LogP contribution < -0.4 is 16.2 Å². The molecule has 2 aromatic rings. The van der Waals surface area contributed by atoms with Crippen molar-refractivity contribution < 1.29 is 14.3 Å². The van der Waals surface area contributed by atoms with Crippen LogP contribution in [0.4, 0.5) is 5.69 Å². The fraction of sp³-hybridized carbons (Fsp3) is 0.348. The van der Waals surface area contributed by atoms with Crippen LogP contribution in [-0.2, 0) is 4.79 Å². The maximum Gasteiger partial charge on any atom is 0.343 e. The van der Waals surface area contributed by atoms with Gasteiger partial charge in [-0.05, 0) is 61.7 Å². The largest absolute Gasteiger partial charge is 0.423 e. The van der Waals surface area contributed by atoms with Gasteiger partial charge in [-0.1, -0.05) is 26.0 Å². The first-order valence-corrected chi connectivity index (χ1v) is 10.2. The molecule has 7 heteroatoms. The van der Waals surface area contributed by atoms with Crippen molar-refractivity contribution in [1.82, 2.24) is 4.90 Å². The Hall–Kier alpha value is -3.35. The van der Waals surface area contributed by atoms with Crippen molar-refractivity contribution in [2.75, 3.05) is 13.1 Å². The highest BCUT2D eigenvalue weighted by atomic mass is 16.5. The predicted molar refractivity (Wildman–Crippen MR) is 119 cm³/mol. The fourth-order valence-corrected chi connectivity index (χ4v) is 3.10. The number of esters is 1. The molecule has 1 amide bonds. The molecule has 0 fully saturated rings. The third kappa shape index (κ3) is 6.34. The van der Waals surface area contributed by atoms with Crippen LogP contribution in [0.3, 0.4) is 0 Å². The van der Waals surface area contributed by atoms with E-state index in [1.54, 1.807) is 36.4 Å². The van der Waals surface area contributed by atoms with Gasteiger partial charge < -0.3 is 21.1 Å². The van der Waals surface area contributed by atoms with Gasteiger partial charge in [-0.3, -0.25) is 4.79 Å². The number of rotatable bonds is 9. The normalized spacial score (nSPS) is 11.4. The Balaban J connectivity index is 2.03. The van der Waals surface area contributed by atoms with Gasteiger partial charge in [0.2, 0.25) is 5.91 Å². The van der Waals surface area contributed by atoms with Gasteiger partial charge in [-0.2, -0.15) is 0 Å². The standard InChI is InChI=1S/C23H30N4O3/c1-4-14-27(15-5-2)21(28)16(3)17-8-12-20(13-9-17)30-22(29)18-6-10-19(11-7-18)26-23(24)25/h6-13,16H,4-5,14-15H2,1-3H3,(H4,24,25,26). The van der Waals surface area contributed by atoms with Crippen LogP contribution in [0.15, 0.2) is 53.5 Å². The number of hydrogen-bond donors (Lipinski definition) is 2. The van der Waals surface area contributed by atoms with E-state index in [0.29, 0.717) is 17.0 Å². The number of ether oxygens (including phenoxy) is 1. The molecule has 0 aliphatic carbocycles. The van der Waals surface area contributed by atoms with E-state index in [9.17, 15) is 9.59 Å². The van der Waals surface area contributed by atoms with Crippen molar-refractivity contribution in [2.45, 2.75) is 39.5 Å². The first-order valence-electron chi connectivity index (χ1n) is 10.2. The van der Waals surface area contributed by atoms with Crippen molar-refractivity contribution in [3.05, 3.63) is 59.7 Å². The van der Waals surface area contributed by atoms with Crippen LogP contribution in [0.1, 0.15) is 55.5 Å². The summed E-state index contributed by atoms with van der Waals surface area (Å²) in [4.78, 5) is 30.9. The van der Waals surface area contributed by atoms with Crippen molar-refractivity contribution in [1.29, 1.82) is 0 Å². The van der Waals surface area contributed by atoms with Crippen LogP contribution >= 0.6 is 0 Å². The summed E-state index contributed by atoms with van der Waals surface area (Å²) in [5.74, 6) is -0.262. The first-order chi connectivity index (χ1) is 14.3. The molecule has 1 atom stereocenters. The van der Waals surface area contributed by atoms with Gasteiger partial charge in [0.05, 0.1) is 17.2 Å². The lowest BCUT2D eigenvalue weighted by atomic mass is 9.99. The average molecular weight is 411 g/mol. The second-order valence-electron chi connectivity index (χ2n) is 7.09. The minimum atomic E-state index is -0.486. The molecule has 4 N–H and O–H groups in total. The Bertz CT molecular complexity index is 866. The number of aliphatic imine (C=N–C) groups is 1. The summed E-state index contributed by atoms with van der Waals surface area (Å²) in [6.07, 6.45) is 1.86. The van der Waals surface area contributed by atoms with Gasteiger partial charge in [-0.25, -0.2) is 9.79 Å². The van der Waals surface area contributed by atoms with E-state index < -0.39 is 5.97 Å². The topological polar surface area (TPSA) is 111 Å². The summed E-state index contributed by atoms with van der Waals surface area (Å²) in [6.45, 7) is 7.56. The van der Waals surface area contributed by atoms with Gasteiger partial charge in [-0.15, -0.1) is 0 Å². The highest BCUT2D eigenvalue weighted by Crippen LogP contribution is 2.23. The lowest BCUT2D eigenvalue weighted by molar-refractivity contribution is -0.132. The minimum absolute atomic E-state index is 0.0503. The van der Waals surface area contributed by atoms with Crippen LogP contribution in [0.5, 0.6) is 5.75 Å². The average Bonchev–Trinajstić information content (AvgIpc) is 2.73.